The van der Waals surface area contributed by atoms with Crippen molar-refractivity contribution < 1.29 is 17.7 Å². The van der Waals surface area contributed by atoms with Gasteiger partial charge in [-0.25, -0.2) is 8.42 Å². The van der Waals surface area contributed by atoms with Gasteiger partial charge in [-0.3, -0.25) is 9.79 Å². The number of guanidine groups is 1. The number of carbonyl (C=O) groups is 1. The Hall–Kier alpha value is -2.92. The first-order valence-corrected chi connectivity index (χ1v) is 11.7. The van der Waals surface area contributed by atoms with Gasteiger partial charge in [-0.1, -0.05) is 35.5 Å². The molecule has 0 spiro atoms. The first-order valence-electron chi connectivity index (χ1n) is 10.1. The van der Waals surface area contributed by atoms with Gasteiger partial charge in [-0.2, -0.15) is 4.31 Å². The lowest BCUT2D eigenvalue weighted by atomic mass is 10.2. The molecule has 1 aromatic heterocycles. The van der Waals surface area contributed by atoms with E-state index < -0.39 is 10.0 Å². The smallest absolute Gasteiger partial charge is 0.222 e. The number of benzene rings is 1. The molecule has 10 nitrogen and oxygen atoms in total. The number of aromatic nitrogens is 1. The maximum absolute atomic E-state index is 12.5. The van der Waals surface area contributed by atoms with Crippen LogP contribution in [0.5, 0.6) is 0 Å². The van der Waals surface area contributed by atoms with Gasteiger partial charge in [0.2, 0.25) is 15.9 Å². The number of piperazine rings is 1. The summed E-state index contributed by atoms with van der Waals surface area (Å²) in [5.74, 6) is 0.439. The molecular weight excluding hydrogens is 420 g/mol. The van der Waals surface area contributed by atoms with Crippen molar-refractivity contribution in [2.75, 3.05) is 39.8 Å². The molecule has 0 unspecified atom stereocenters. The third kappa shape index (κ3) is 6.79. The largest absolute Gasteiger partial charge is 0.364 e. The van der Waals surface area contributed by atoms with E-state index in [1.165, 1.54) is 10.6 Å². The summed E-state index contributed by atoms with van der Waals surface area (Å²) in [6.45, 7) is 2.68. The Labute approximate surface area is 182 Å². The first kappa shape index (κ1) is 22.8. The van der Waals surface area contributed by atoms with Crippen molar-refractivity contribution in [3.63, 3.8) is 0 Å². The van der Waals surface area contributed by atoms with Crippen molar-refractivity contribution in [3.8, 4) is 0 Å². The summed E-state index contributed by atoms with van der Waals surface area (Å²) >= 11 is 0. The molecule has 0 radical (unpaired) electrons. The third-order valence-electron chi connectivity index (χ3n) is 4.93. The van der Waals surface area contributed by atoms with Crippen LogP contribution in [-0.4, -0.2) is 74.4 Å². The van der Waals surface area contributed by atoms with Crippen LogP contribution in [0.3, 0.4) is 0 Å². The van der Waals surface area contributed by atoms with Crippen molar-refractivity contribution >= 4 is 21.9 Å². The standard InChI is InChI=1S/C20H28N6O4S/c1-21-20(22-9-7-19(27)23-15-17-5-3-2-4-6-17)25-10-12-26(13-11-25)31(28,29)16-18-8-14-30-24-18/h2-6,8,14H,7,9-13,15-16H2,1H3,(H,21,22)(H,23,27). The Bertz CT molecular complexity index is 955. The van der Waals surface area contributed by atoms with E-state index in [9.17, 15) is 13.2 Å². The van der Waals surface area contributed by atoms with E-state index in [-0.39, 0.29) is 11.7 Å². The van der Waals surface area contributed by atoms with Gasteiger partial charge in [0.25, 0.3) is 0 Å². The number of nitrogens with zero attached hydrogens (tertiary/aromatic N) is 4. The second-order valence-corrected chi connectivity index (χ2v) is 9.09. The highest BCUT2D eigenvalue weighted by Gasteiger charge is 2.28. The second kappa shape index (κ2) is 10.9. The van der Waals surface area contributed by atoms with E-state index in [1.54, 1.807) is 13.1 Å². The topological polar surface area (TPSA) is 120 Å². The van der Waals surface area contributed by atoms with Crippen LogP contribution in [0.25, 0.3) is 0 Å². The number of rotatable bonds is 8. The molecule has 3 rings (SSSR count). The summed E-state index contributed by atoms with van der Waals surface area (Å²) < 4.78 is 31.3. The van der Waals surface area contributed by atoms with Gasteiger partial charge in [-0.05, 0) is 5.56 Å². The molecule has 1 aromatic carbocycles. The fourth-order valence-electron chi connectivity index (χ4n) is 3.27. The quantitative estimate of drug-likeness (QED) is 0.443. The van der Waals surface area contributed by atoms with E-state index in [0.29, 0.717) is 57.3 Å². The molecule has 168 valence electrons. The van der Waals surface area contributed by atoms with E-state index in [1.807, 2.05) is 35.2 Å². The molecule has 2 heterocycles. The van der Waals surface area contributed by atoms with Crippen LogP contribution in [0, 0.1) is 0 Å². The van der Waals surface area contributed by atoms with Crippen LogP contribution in [0.15, 0.2) is 52.2 Å². The normalized spacial score (nSPS) is 15.6. The zero-order valence-electron chi connectivity index (χ0n) is 17.5. The first-order chi connectivity index (χ1) is 15.0. The number of sulfonamides is 1. The zero-order chi connectivity index (χ0) is 22.1. The summed E-state index contributed by atoms with van der Waals surface area (Å²) in [6, 6.07) is 11.3. The minimum Gasteiger partial charge on any atom is -0.364 e. The highest BCUT2D eigenvalue weighted by Crippen LogP contribution is 2.12. The van der Waals surface area contributed by atoms with Gasteiger partial charge in [0.15, 0.2) is 5.96 Å². The van der Waals surface area contributed by atoms with Gasteiger partial charge >= 0.3 is 0 Å². The van der Waals surface area contributed by atoms with Crippen molar-refractivity contribution in [1.29, 1.82) is 0 Å². The molecule has 2 N–H and O–H groups in total. The van der Waals surface area contributed by atoms with Crippen LogP contribution in [0.1, 0.15) is 17.7 Å². The average molecular weight is 449 g/mol. The number of aliphatic imine (C=N–C) groups is 1. The highest BCUT2D eigenvalue weighted by atomic mass is 32.2. The van der Waals surface area contributed by atoms with E-state index >= 15 is 0 Å². The number of carbonyl (C=O) groups excluding carboxylic acids is 1. The molecule has 11 heteroatoms. The lowest BCUT2D eigenvalue weighted by Gasteiger charge is -2.35. The highest BCUT2D eigenvalue weighted by molar-refractivity contribution is 7.88. The Balaban J connectivity index is 1.39. The van der Waals surface area contributed by atoms with Crippen LogP contribution < -0.4 is 10.6 Å². The molecule has 1 fully saturated rings. The Morgan fingerprint density at radius 2 is 1.87 bits per heavy atom. The molecule has 1 aliphatic heterocycles. The summed E-state index contributed by atoms with van der Waals surface area (Å²) in [7, 11) is -1.78. The number of amides is 1. The molecular formula is C20H28N6O4S. The van der Waals surface area contributed by atoms with E-state index in [2.05, 4.69) is 20.8 Å². The average Bonchev–Trinajstić information content (AvgIpc) is 3.28. The Kier molecular flexibility index (Phi) is 8.01. The predicted molar refractivity (Wildman–Crippen MR) is 117 cm³/mol. The van der Waals surface area contributed by atoms with Crippen LogP contribution in [-0.2, 0) is 27.1 Å². The molecule has 1 saturated heterocycles. The fraction of sp³-hybridized carbons (Fsp3) is 0.450. The number of hydrogen-bond acceptors (Lipinski definition) is 6. The minimum atomic E-state index is -3.45. The van der Waals surface area contributed by atoms with Crippen LogP contribution >= 0.6 is 0 Å². The van der Waals surface area contributed by atoms with Gasteiger partial charge < -0.3 is 20.1 Å². The third-order valence-corrected chi connectivity index (χ3v) is 6.75. The summed E-state index contributed by atoms with van der Waals surface area (Å²) in [5.41, 5.74) is 1.45. The number of nitrogens with one attached hydrogen (secondary N) is 2. The summed E-state index contributed by atoms with van der Waals surface area (Å²) in [6.07, 6.45) is 1.68. The van der Waals surface area contributed by atoms with Gasteiger partial charge in [-0.15, -0.1) is 0 Å². The summed E-state index contributed by atoms with van der Waals surface area (Å²) in [5, 5.41) is 9.75. The molecule has 31 heavy (non-hydrogen) atoms. The molecule has 1 amide bonds. The fourth-order valence-corrected chi connectivity index (χ4v) is 4.70. The van der Waals surface area contributed by atoms with Crippen LogP contribution in [0.2, 0.25) is 0 Å². The molecule has 0 saturated carbocycles. The van der Waals surface area contributed by atoms with E-state index in [0.717, 1.165) is 5.56 Å². The molecule has 2 aromatic rings. The van der Waals surface area contributed by atoms with Crippen molar-refractivity contribution in [1.82, 2.24) is 25.0 Å². The van der Waals surface area contributed by atoms with Gasteiger partial charge in [0.1, 0.15) is 12.0 Å². The summed E-state index contributed by atoms with van der Waals surface area (Å²) in [4.78, 5) is 18.3. The zero-order valence-corrected chi connectivity index (χ0v) is 18.3. The molecule has 0 bridgehead atoms. The second-order valence-electron chi connectivity index (χ2n) is 7.12. The lowest BCUT2D eigenvalue weighted by Crippen LogP contribution is -2.54. The minimum absolute atomic E-state index is 0.0458. The molecule has 1 aliphatic rings. The van der Waals surface area contributed by atoms with Gasteiger partial charge in [0, 0.05) is 58.8 Å². The van der Waals surface area contributed by atoms with Crippen LogP contribution in [0.4, 0.5) is 0 Å². The Morgan fingerprint density at radius 1 is 1.13 bits per heavy atom. The Morgan fingerprint density at radius 3 is 2.52 bits per heavy atom. The molecule has 0 atom stereocenters. The SMILES string of the molecule is CN=C(NCCC(=O)NCc1ccccc1)N1CCN(S(=O)(=O)Cc2ccon2)CC1. The molecule has 0 aliphatic carbocycles. The van der Waals surface area contributed by atoms with E-state index in [4.69, 9.17) is 4.52 Å². The maximum Gasteiger partial charge on any atom is 0.222 e. The van der Waals surface area contributed by atoms with Crippen molar-refractivity contribution in [2.24, 2.45) is 4.99 Å². The maximum atomic E-state index is 12.5. The lowest BCUT2D eigenvalue weighted by molar-refractivity contribution is -0.121. The monoisotopic (exact) mass is 448 g/mol. The number of hydrogen-bond donors (Lipinski definition) is 2. The van der Waals surface area contributed by atoms with Crippen molar-refractivity contribution in [3.05, 3.63) is 53.9 Å². The van der Waals surface area contributed by atoms with Gasteiger partial charge in [0.05, 0.1) is 5.69 Å². The predicted octanol–water partition coefficient (Wildman–Crippen LogP) is 0.404. The van der Waals surface area contributed by atoms with Crippen molar-refractivity contribution in [2.45, 2.75) is 18.7 Å².